The van der Waals surface area contributed by atoms with Gasteiger partial charge in [0.2, 0.25) is 5.91 Å². The highest BCUT2D eigenvalue weighted by Gasteiger charge is 2.23. The van der Waals surface area contributed by atoms with E-state index in [0.717, 1.165) is 29.3 Å². The maximum absolute atomic E-state index is 11.8. The Balaban J connectivity index is 1.91. The van der Waals surface area contributed by atoms with Gasteiger partial charge in [0, 0.05) is 22.6 Å². The predicted molar refractivity (Wildman–Crippen MR) is 71.6 cm³/mol. The summed E-state index contributed by atoms with van der Waals surface area (Å²) >= 11 is 6.12. The molecule has 18 heavy (non-hydrogen) atoms. The summed E-state index contributed by atoms with van der Waals surface area (Å²) in [6.45, 7) is 0. The lowest BCUT2D eigenvalue weighted by molar-refractivity contribution is -0.120. The van der Waals surface area contributed by atoms with E-state index in [1.165, 1.54) is 0 Å². The molecule has 0 radical (unpaired) electrons. The van der Waals surface area contributed by atoms with Crippen LogP contribution in [-0.2, 0) is 11.2 Å². The first-order valence-corrected chi connectivity index (χ1v) is 6.43. The summed E-state index contributed by atoms with van der Waals surface area (Å²) in [6, 6.07) is 7.87. The highest BCUT2D eigenvalue weighted by molar-refractivity contribution is 6.35. The van der Waals surface area contributed by atoms with Gasteiger partial charge in [-0.05, 0) is 36.6 Å². The first-order chi connectivity index (χ1) is 8.74. The minimum atomic E-state index is 0.0618. The van der Waals surface area contributed by atoms with Gasteiger partial charge in [0.15, 0.2) is 0 Å². The number of pyridine rings is 1. The average Bonchev–Trinajstić information content (AvgIpc) is 3.17. The minimum Gasteiger partial charge on any atom is -0.353 e. The molecule has 0 atom stereocenters. The van der Waals surface area contributed by atoms with Gasteiger partial charge in [0.1, 0.15) is 0 Å². The van der Waals surface area contributed by atoms with Gasteiger partial charge in [0.25, 0.3) is 0 Å². The standard InChI is InChI=1S/C14H13ClN2O/c15-12-6-3-9(8-13(18)17-10-4-5-10)14-11(12)2-1-7-16-14/h1-3,6-7,10H,4-5,8H2,(H,17,18). The zero-order valence-corrected chi connectivity index (χ0v) is 10.6. The molecule has 2 aromatic rings. The van der Waals surface area contributed by atoms with Crippen LogP contribution in [0.25, 0.3) is 10.9 Å². The number of nitrogens with zero attached hydrogens (tertiary/aromatic N) is 1. The molecule has 0 bridgehead atoms. The predicted octanol–water partition coefficient (Wildman–Crippen LogP) is 2.71. The fourth-order valence-electron chi connectivity index (χ4n) is 2.02. The van der Waals surface area contributed by atoms with Crippen molar-refractivity contribution in [1.82, 2.24) is 10.3 Å². The normalized spacial score (nSPS) is 14.7. The number of aromatic nitrogens is 1. The van der Waals surface area contributed by atoms with E-state index in [9.17, 15) is 4.79 Å². The Labute approximate surface area is 110 Å². The van der Waals surface area contributed by atoms with Crippen LogP contribution < -0.4 is 5.32 Å². The Morgan fingerprint density at radius 1 is 1.39 bits per heavy atom. The molecule has 0 saturated heterocycles. The van der Waals surface area contributed by atoms with Gasteiger partial charge in [-0.15, -0.1) is 0 Å². The maximum atomic E-state index is 11.8. The zero-order chi connectivity index (χ0) is 12.5. The van der Waals surface area contributed by atoms with Crippen LogP contribution in [0.15, 0.2) is 30.5 Å². The van der Waals surface area contributed by atoms with Crippen LogP contribution in [0.4, 0.5) is 0 Å². The van der Waals surface area contributed by atoms with Crippen molar-refractivity contribution >= 4 is 28.4 Å². The van der Waals surface area contributed by atoms with Crippen molar-refractivity contribution in [3.8, 4) is 0 Å². The lowest BCUT2D eigenvalue weighted by Gasteiger charge is -2.07. The third kappa shape index (κ3) is 2.31. The number of hydrogen-bond donors (Lipinski definition) is 1. The SMILES string of the molecule is O=C(Cc1ccc(Cl)c2cccnc12)NC1CC1. The fourth-order valence-corrected chi connectivity index (χ4v) is 2.23. The van der Waals surface area contributed by atoms with E-state index in [4.69, 9.17) is 11.6 Å². The first-order valence-electron chi connectivity index (χ1n) is 6.05. The van der Waals surface area contributed by atoms with E-state index in [0.29, 0.717) is 17.5 Å². The van der Waals surface area contributed by atoms with E-state index < -0.39 is 0 Å². The van der Waals surface area contributed by atoms with E-state index in [1.807, 2.05) is 24.3 Å². The number of rotatable bonds is 3. The summed E-state index contributed by atoms with van der Waals surface area (Å²) in [5.74, 6) is 0.0618. The third-order valence-electron chi connectivity index (χ3n) is 3.09. The van der Waals surface area contributed by atoms with Crippen molar-refractivity contribution < 1.29 is 4.79 Å². The summed E-state index contributed by atoms with van der Waals surface area (Å²) in [5.41, 5.74) is 1.74. The van der Waals surface area contributed by atoms with Gasteiger partial charge in [0.05, 0.1) is 11.9 Å². The second-order valence-electron chi connectivity index (χ2n) is 4.62. The summed E-state index contributed by atoms with van der Waals surface area (Å²) in [7, 11) is 0. The van der Waals surface area contributed by atoms with Crippen molar-refractivity contribution in [2.75, 3.05) is 0 Å². The second-order valence-corrected chi connectivity index (χ2v) is 5.03. The van der Waals surface area contributed by atoms with Gasteiger partial charge >= 0.3 is 0 Å². The van der Waals surface area contributed by atoms with Crippen LogP contribution in [0, 0.1) is 0 Å². The molecular weight excluding hydrogens is 248 g/mol. The molecule has 1 aromatic carbocycles. The van der Waals surface area contributed by atoms with Crippen LogP contribution in [0.5, 0.6) is 0 Å². The highest BCUT2D eigenvalue weighted by atomic mass is 35.5. The summed E-state index contributed by atoms with van der Waals surface area (Å²) in [6.07, 6.45) is 4.29. The van der Waals surface area contributed by atoms with Crippen molar-refractivity contribution in [1.29, 1.82) is 0 Å². The van der Waals surface area contributed by atoms with Gasteiger partial charge in [-0.25, -0.2) is 0 Å². The quantitative estimate of drug-likeness (QED) is 0.922. The van der Waals surface area contributed by atoms with E-state index in [1.54, 1.807) is 6.20 Å². The molecule has 1 N–H and O–H groups in total. The average molecular weight is 261 g/mol. The Hall–Kier alpha value is -1.61. The topological polar surface area (TPSA) is 42.0 Å². The van der Waals surface area contributed by atoms with E-state index in [-0.39, 0.29) is 5.91 Å². The molecular formula is C14H13ClN2O. The van der Waals surface area contributed by atoms with Gasteiger partial charge in [-0.1, -0.05) is 17.7 Å². The molecule has 0 unspecified atom stereocenters. The smallest absolute Gasteiger partial charge is 0.224 e. The third-order valence-corrected chi connectivity index (χ3v) is 3.42. The second kappa shape index (κ2) is 4.58. The van der Waals surface area contributed by atoms with Crippen molar-refractivity contribution in [2.45, 2.75) is 25.3 Å². The number of hydrogen-bond acceptors (Lipinski definition) is 2. The summed E-state index contributed by atoms with van der Waals surface area (Å²) < 4.78 is 0. The Morgan fingerprint density at radius 2 is 2.22 bits per heavy atom. The Kier molecular flexibility index (Phi) is 2.92. The van der Waals surface area contributed by atoms with Crippen LogP contribution in [0.1, 0.15) is 18.4 Å². The number of benzene rings is 1. The van der Waals surface area contributed by atoms with Crippen molar-refractivity contribution in [2.24, 2.45) is 0 Å². The zero-order valence-electron chi connectivity index (χ0n) is 9.82. The molecule has 0 aliphatic heterocycles. The van der Waals surface area contributed by atoms with Crippen molar-refractivity contribution in [3.05, 3.63) is 41.0 Å². The minimum absolute atomic E-state index is 0.0618. The molecule has 3 rings (SSSR count). The molecule has 0 spiro atoms. The fraction of sp³-hybridized carbons (Fsp3) is 0.286. The summed E-state index contributed by atoms with van der Waals surface area (Å²) in [4.78, 5) is 16.1. The molecule has 1 saturated carbocycles. The number of carbonyl (C=O) groups excluding carboxylic acids is 1. The number of nitrogens with one attached hydrogen (secondary N) is 1. The highest BCUT2D eigenvalue weighted by Crippen LogP contribution is 2.25. The molecule has 3 nitrogen and oxygen atoms in total. The van der Waals surface area contributed by atoms with Gasteiger partial charge < -0.3 is 5.32 Å². The molecule has 1 aliphatic rings. The molecule has 1 aliphatic carbocycles. The first kappa shape index (κ1) is 11.5. The molecule has 1 fully saturated rings. The lowest BCUT2D eigenvalue weighted by Crippen LogP contribution is -2.27. The number of amides is 1. The largest absolute Gasteiger partial charge is 0.353 e. The molecule has 1 amide bonds. The molecule has 4 heteroatoms. The summed E-state index contributed by atoms with van der Waals surface area (Å²) in [5, 5.41) is 4.55. The van der Waals surface area contributed by atoms with Gasteiger partial charge in [-0.3, -0.25) is 9.78 Å². The monoisotopic (exact) mass is 260 g/mol. The van der Waals surface area contributed by atoms with Crippen molar-refractivity contribution in [3.63, 3.8) is 0 Å². The Morgan fingerprint density at radius 3 is 3.00 bits per heavy atom. The van der Waals surface area contributed by atoms with E-state index in [2.05, 4.69) is 10.3 Å². The van der Waals surface area contributed by atoms with Gasteiger partial charge in [-0.2, -0.15) is 0 Å². The maximum Gasteiger partial charge on any atom is 0.224 e. The molecule has 92 valence electrons. The molecule has 1 aromatic heterocycles. The van der Waals surface area contributed by atoms with Crippen LogP contribution in [-0.4, -0.2) is 16.9 Å². The van der Waals surface area contributed by atoms with E-state index >= 15 is 0 Å². The Bertz CT molecular complexity index is 608. The van der Waals surface area contributed by atoms with Crippen LogP contribution in [0.3, 0.4) is 0 Å². The number of carbonyl (C=O) groups is 1. The molecule has 1 heterocycles. The van der Waals surface area contributed by atoms with Crippen LogP contribution in [0.2, 0.25) is 5.02 Å². The number of fused-ring (bicyclic) bond motifs is 1. The lowest BCUT2D eigenvalue weighted by atomic mass is 10.1. The number of halogens is 1. The van der Waals surface area contributed by atoms with Crippen LogP contribution >= 0.6 is 11.6 Å².